The Balaban J connectivity index is 1.54. The average molecular weight is 496 g/mol. The second kappa shape index (κ2) is 9.53. The molecule has 0 atom stereocenters. The monoisotopic (exact) mass is 496 g/mol. The van der Waals surface area contributed by atoms with Gasteiger partial charge >= 0.3 is 17.3 Å². The van der Waals surface area contributed by atoms with E-state index >= 15 is 0 Å². The highest BCUT2D eigenvalue weighted by atomic mass is 19.4. The molecule has 8 nitrogen and oxygen atoms in total. The summed E-state index contributed by atoms with van der Waals surface area (Å²) < 4.78 is 40.1. The topological polar surface area (TPSA) is 113 Å². The van der Waals surface area contributed by atoms with E-state index in [9.17, 15) is 32.3 Å². The second-order valence-corrected chi connectivity index (χ2v) is 7.80. The highest BCUT2D eigenvalue weighted by Crippen LogP contribution is 2.30. The van der Waals surface area contributed by atoms with Crippen molar-refractivity contribution >= 4 is 34.2 Å². The molecule has 0 radical (unpaired) electrons. The summed E-state index contributed by atoms with van der Waals surface area (Å²) >= 11 is 0. The summed E-state index contributed by atoms with van der Waals surface area (Å²) in [5.74, 6) is -1.20. The van der Waals surface area contributed by atoms with Gasteiger partial charge in [0.1, 0.15) is 0 Å². The number of fused-ring (bicyclic) bond motifs is 1. The molecule has 1 heterocycles. The van der Waals surface area contributed by atoms with Crippen molar-refractivity contribution in [2.75, 3.05) is 10.6 Å². The van der Waals surface area contributed by atoms with Crippen LogP contribution in [-0.2, 0) is 12.7 Å². The van der Waals surface area contributed by atoms with Crippen molar-refractivity contribution in [3.63, 3.8) is 0 Å². The van der Waals surface area contributed by atoms with Crippen LogP contribution in [0.3, 0.4) is 0 Å². The van der Waals surface area contributed by atoms with Crippen LogP contribution in [0.25, 0.3) is 11.0 Å². The summed E-state index contributed by atoms with van der Waals surface area (Å²) in [5, 5.41) is 5.05. The number of rotatable bonds is 5. The first-order chi connectivity index (χ1) is 17.1. The van der Waals surface area contributed by atoms with Crippen molar-refractivity contribution in [1.29, 1.82) is 0 Å². The molecule has 0 bridgehead atoms. The summed E-state index contributed by atoms with van der Waals surface area (Å²) in [6.07, 6.45) is -4.55. The maximum atomic E-state index is 12.9. The number of aryl methyl sites for hydroxylation is 1. The first-order valence-electron chi connectivity index (χ1n) is 10.7. The Labute approximate surface area is 201 Å². The van der Waals surface area contributed by atoms with Gasteiger partial charge in [-0.15, -0.1) is 0 Å². The average Bonchev–Trinajstić information content (AvgIpc) is 2.84. The molecule has 0 unspecified atom stereocenters. The Morgan fingerprint density at radius 3 is 2.11 bits per heavy atom. The molecule has 184 valence electrons. The highest BCUT2D eigenvalue weighted by Gasteiger charge is 2.30. The van der Waals surface area contributed by atoms with Crippen molar-refractivity contribution < 1.29 is 22.8 Å². The SMILES string of the molecule is CCn1c(=O)c(=O)[nH]c2cc(C(=O)Nc3cccc(C(=O)Nc4cccc(C(F)(F)F)c4)c3)ccc21. The number of amides is 2. The lowest BCUT2D eigenvalue weighted by atomic mass is 10.1. The molecule has 0 fully saturated rings. The van der Waals surface area contributed by atoms with E-state index in [0.717, 1.165) is 12.1 Å². The molecule has 36 heavy (non-hydrogen) atoms. The van der Waals surface area contributed by atoms with E-state index in [-0.39, 0.29) is 29.0 Å². The summed E-state index contributed by atoms with van der Waals surface area (Å²) in [4.78, 5) is 51.7. The largest absolute Gasteiger partial charge is 0.416 e. The standard InChI is InChI=1S/C25H19F3N4O4/c1-2-32-20-10-9-15(12-19(20)31-23(35)24(32)36)22(34)29-17-7-3-5-14(11-17)21(33)30-18-8-4-6-16(13-18)25(26,27)28/h3-13H,2H2,1H3,(H,29,34)(H,30,33)(H,31,35). The van der Waals surface area contributed by atoms with Crippen molar-refractivity contribution in [2.45, 2.75) is 19.6 Å². The zero-order chi connectivity index (χ0) is 26.0. The Morgan fingerprint density at radius 2 is 1.47 bits per heavy atom. The van der Waals surface area contributed by atoms with Gasteiger partial charge in [0, 0.05) is 29.0 Å². The first kappa shape index (κ1) is 24.5. The van der Waals surface area contributed by atoms with Gasteiger partial charge in [-0.2, -0.15) is 13.2 Å². The molecular weight excluding hydrogens is 477 g/mol. The lowest BCUT2D eigenvalue weighted by Crippen LogP contribution is -2.36. The van der Waals surface area contributed by atoms with E-state index in [4.69, 9.17) is 0 Å². The fourth-order valence-electron chi connectivity index (χ4n) is 3.65. The molecule has 3 N–H and O–H groups in total. The molecule has 1 aromatic heterocycles. The lowest BCUT2D eigenvalue weighted by molar-refractivity contribution is -0.137. The molecule has 0 aliphatic heterocycles. The molecule has 0 aliphatic rings. The van der Waals surface area contributed by atoms with Crippen molar-refractivity contribution in [3.8, 4) is 0 Å². The molecule has 2 amide bonds. The van der Waals surface area contributed by atoms with Gasteiger partial charge in [0.2, 0.25) is 0 Å². The van der Waals surface area contributed by atoms with Gasteiger partial charge in [-0.3, -0.25) is 19.2 Å². The summed E-state index contributed by atoms with van der Waals surface area (Å²) in [5.41, 5.74) is -1.07. The second-order valence-electron chi connectivity index (χ2n) is 7.80. The number of hydrogen-bond acceptors (Lipinski definition) is 4. The van der Waals surface area contributed by atoms with Crippen LogP contribution in [0.1, 0.15) is 33.2 Å². The van der Waals surface area contributed by atoms with Crippen LogP contribution < -0.4 is 21.8 Å². The Bertz CT molecular complexity index is 1610. The van der Waals surface area contributed by atoms with Crippen LogP contribution >= 0.6 is 0 Å². The number of hydrogen-bond donors (Lipinski definition) is 3. The van der Waals surface area contributed by atoms with E-state index in [1.54, 1.807) is 13.0 Å². The number of alkyl halides is 3. The van der Waals surface area contributed by atoms with E-state index < -0.39 is 34.7 Å². The zero-order valence-corrected chi connectivity index (χ0v) is 18.8. The van der Waals surface area contributed by atoms with Crippen LogP contribution in [0.5, 0.6) is 0 Å². The number of nitrogens with one attached hydrogen (secondary N) is 3. The van der Waals surface area contributed by atoms with Crippen molar-refractivity contribution in [2.24, 2.45) is 0 Å². The fraction of sp³-hybridized carbons (Fsp3) is 0.120. The van der Waals surface area contributed by atoms with E-state index in [0.29, 0.717) is 11.0 Å². The van der Waals surface area contributed by atoms with Crippen LogP contribution in [-0.4, -0.2) is 21.4 Å². The number of aromatic nitrogens is 2. The van der Waals surface area contributed by atoms with Crippen LogP contribution in [0.15, 0.2) is 76.3 Å². The van der Waals surface area contributed by atoms with Crippen LogP contribution in [0, 0.1) is 0 Å². The summed E-state index contributed by atoms with van der Waals surface area (Å²) in [6, 6.07) is 14.6. The van der Waals surface area contributed by atoms with Gasteiger partial charge in [-0.1, -0.05) is 12.1 Å². The Hall–Kier alpha value is -4.67. The quantitative estimate of drug-likeness (QED) is 0.359. The van der Waals surface area contributed by atoms with E-state index in [2.05, 4.69) is 15.6 Å². The maximum absolute atomic E-state index is 12.9. The van der Waals surface area contributed by atoms with Gasteiger partial charge in [0.05, 0.1) is 16.6 Å². The number of halogens is 3. The normalized spacial score (nSPS) is 11.3. The minimum Gasteiger partial charge on any atom is -0.322 e. The molecule has 0 saturated carbocycles. The van der Waals surface area contributed by atoms with Crippen LogP contribution in [0.2, 0.25) is 0 Å². The predicted molar refractivity (Wildman–Crippen MR) is 128 cm³/mol. The number of aromatic amines is 1. The Morgan fingerprint density at radius 1 is 0.861 bits per heavy atom. The zero-order valence-electron chi connectivity index (χ0n) is 18.8. The van der Waals surface area contributed by atoms with Gasteiger partial charge in [-0.25, -0.2) is 0 Å². The summed E-state index contributed by atoms with van der Waals surface area (Å²) in [6.45, 7) is 2.00. The van der Waals surface area contributed by atoms with E-state index in [1.165, 1.54) is 53.1 Å². The maximum Gasteiger partial charge on any atom is 0.416 e. The van der Waals surface area contributed by atoms with E-state index in [1.807, 2.05) is 0 Å². The molecule has 4 aromatic rings. The van der Waals surface area contributed by atoms with Gasteiger partial charge < -0.3 is 20.2 Å². The minimum absolute atomic E-state index is 0.0278. The summed E-state index contributed by atoms with van der Waals surface area (Å²) in [7, 11) is 0. The molecule has 3 aromatic carbocycles. The molecule has 11 heteroatoms. The minimum atomic E-state index is -4.55. The van der Waals surface area contributed by atoms with Gasteiger partial charge in [0.15, 0.2) is 0 Å². The fourth-order valence-corrected chi connectivity index (χ4v) is 3.65. The third-order valence-corrected chi connectivity index (χ3v) is 5.38. The molecule has 0 spiro atoms. The predicted octanol–water partition coefficient (Wildman–Crippen LogP) is 4.23. The first-order valence-corrected chi connectivity index (χ1v) is 10.7. The smallest absolute Gasteiger partial charge is 0.322 e. The molecular formula is C25H19F3N4O4. The van der Waals surface area contributed by atoms with Crippen molar-refractivity contribution in [1.82, 2.24) is 9.55 Å². The lowest BCUT2D eigenvalue weighted by Gasteiger charge is -2.11. The highest BCUT2D eigenvalue weighted by molar-refractivity contribution is 6.08. The van der Waals surface area contributed by atoms with Crippen LogP contribution in [0.4, 0.5) is 24.5 Å². The number of benzene rings is 3. The van der Waals surface area contributed by atoms with Gasteiger partial charge in [0.25, 0.3) is 11.8 Å². The number of H-pyrrole nitrogens is 1. The number of carbonyl (C=O) groups is 2. The van der Waals surface area contributed by atoms with Gasteiger partial charge in [-0.05, 0) is 61.5 Å². The number of anilines is 2. The van der Waals surface area contributed by atoms with Crippen molar-refractivity contribution in [3.05, 3.63) is 104 Å². The molecule has 0 aliphatic carbocycles. The molecule has 4 rings (SSSR count). The Kier molecular flexibility index (Phi) is 6.47. The number of carbonyl (C=O) groups excluding carboxylic acids is 2. The molecule has 0 saturated heterocycles. The third kappa shape index (κ3) is 5.04. The number of nitrogens with zero attached hydrogens (tertiary/aromatic N) is 1. The third-order valence-electron chi connectivity index (χ3n) is 5.38.